The lowest BCUT2D eigenvalue weighted by molar-refractivity contribution is 0.129. The number of hydrogen-bond acceptors (Lipinski definition) is 3. The molecule has 3 nitrogen and oxygen atoms in total. The molecule has 0 aromatic heterocycles. The normalized spacial score (nSPS) is 14.8. The summed E-state index contributed by atoms with van der Waals surface area (Å²) >= 11 is 0. The van der Waals surface area contributed by atoms with Gasteiger partial charge in [0.05, 0.1) is 6.10 Å². The molecule has 0 fully saturated rings. The van der Waals surface area contributed by atoms with Crippen LogP contribution in [0.3, 0.4) is 0 Å². The van der Waals surface area contributed by atoms with Crippen LogP contribution in [0.25, 0.3) is 0 Å². The van der Waals surface area contributed by atoms with Gasteiger partial charge in [0.1, 0.15) is 0 Å². The zero-order chi connectivity index (χ0) is 12.1. The van der Waals surface area contributed by atoms with Crippen molar-refractivity contribution in [2.45, 2.75) is 32.4 Å². The van der Waals surface area contributed by atoms with Gasteiger partial charge in [0.2, 0.25) is 0 Å². The minimum atomic E-state index is -0.493. The molecule has 0 heterocycles. The van der Waals surface area contributed by atoms with Crippen molar-refractivity contribution in [2.24, 2.45) is 5.73 Å². The highest BCUT2D eigenvalue weighted by Gasteiger charge is 2.18. The highest BCUT2D eigenvalue weighted by Crippen LogP contribution is 2.21. The van der Waals surface area contributed by atoms with Gasteiger partial charge in [0.15, 0.2) is 0 Å². The number of hydrogen-bond donors (Lipinski definition) is 3. The molecule has 90 valence electrons. The largest absolute Gasteiger partial charge is 0.387 e. The summed E-state index contributed by atoms with van der Waals surface area (Å²) in [5.74, 6) is 0. The van der Waals surface area contributed by atoms with Gasteiger partial charge in [0, 0.05) is 6.04 Å². The Morgan fingerprint density at radius 1 is 1.25 bits per heavy atom. The van der Waals surface area contributed by atoms with Crippen molar-refractivity contribution in [1.29, 1.82) is 0 Å². The van der Waals surface area contributed by atoms with Crippen LogP contribution >= 0.6 is 0 Å². The van der Waals surface area contributed by atoms with Gasteiger partial charge >= 0.3 is 0 Å². The van der Waals surface area contributed by atoms with Crippen LogP contribution in [0, 0.1) is 13.8 Å². The van der Waals surface area contributed by atoms with Gasteiger partial charge in [-0.2, -0.15) is 0 Å². The molecule has 2 atom stereocenters. The minimum Gasteiger partial charge on any atom is -0.387 e. The van der Waals surface area contributed by atoms with E-state index >= 15 is 0 Å². The fourth-order valence-corrected chi connectivity index (χ4v) is 2.05. The summed E-state index contributed by atoms with van der Waals surface area (Å²) in [5, 5.41) is 13.4. The van der Waals surface area contributed by atoms with Crippen LogP contribution in [-0.2, 0) is 0 Å². The quantitative estimate of drug-likeness (QED) is 0.703. The summed E-state index contributed by atoms with van der Waals surface area (Å²) in [6, 6.07) is 6.18. The van der Waals surface area contributed by atoms with Crippen LogP contribution < -0.4 is 11.1 Å². The van der Waals surface area contributed by atoms with Gasteiger partial charge in [-0.1, -0.05) is 29.3 Å². The number of benzene rings is 1. The van der Waals surface area contributed by atoms with Crippen molar-refractivity contribution in [3.8, 4) is 0 Å². The monoisotopic (exact) mass is 222 g/mol. The van der Waals surface area contributed by atoms with Crippen molar-refractivity contribution in [2.75, 3.05) is 13.6 Å². The van der Waals surface area contributed by atoms with Gasteiger partial charge in [-0.15, -0.1) is 0 Å². The third-order valence-corrected chi connectivity index (χ3v) is 2.82. The van der Waals surface area contributed by atoms with Crippen LogP contribution in [0.4, 0.5) is 0 Å². The van der Waals surface area contributed by atoms with Crippen LogP contribution in [0.1, 0.15) is 29.2 Å². The molecule has 0 aliphatic rings. The van der Waals surface area contributed by atoms with E-state index in [1.54, 1.807) is 0 Å². The summed E-state index contributed by atoms with van der Waals surface area (Å²) < 4.78 is 0. The summed E-state index contributed by atoms with van der Waals surface area (Å²) in [5.41, 5.74) is 8.85. The molecule has 16 heavy (non-hydrogen) atoms. The first-order chi connectivity index (χ1) is 7.58. The Bertz CT molecular complexity index is 318. The van der Waals surface area contributed by atoms with Crippen LogP contribution in [0.2, 0.25) is 0 Å². The second-order valence-electron chi connectivity index (χ2n) is 4.34. The molecule has 4 N–H and O–H groups in total. The van der Waals surface area contributed by atoms with E-state index in [1.807, 2.05) is 33.0 Å². The number of nitrogens with one attached hydrogen (secondary N) is 1. The maximum absolute atomic E-state index is 10.2. The maximum atomic E-state index is 10.2. The summed E-state index contributed by atoms with van der Waals surface area (Å²) in [4.78, 5) is 0. The molecule has 1 rings (SSSR count). The first kappa shape index (κ1) is 13.2. The Morgan fingerprint density at radius 3 is 2.25 bits per heavy atom. The fourth-order valence-electron chi connectivity index (χ4n) is 2.05. The lowest BCUT2D eigenvalue weighted by Crippen LogP contribution is -2.34. The van der Waals surface area contributed by atoms with E-state index in [0.29, 0.717) is 6.54 Å². The molecule has 0 saturated carbocycles. The van der Waals surface area contributed by atoms with E-state index in [0.717, 1.165) is 12.0 Å². The second-order valence-corrected chi connectivity index (χ2v) is 4.34. The van der Waals surface area contributed by atoms with Crippen LogP contribution in [-0.4, -0.2) is 24.7 Å². The minimum absolute atomic E-state index is 0.0196. The number of rotatable bonds is 5. The SMILES string of the molecule is CNC(CCN)C(O)c1cc(C)cc(C)c1. The van der Waals surface area contributed by atoms with E-state index in [4.69, 9.17) is 5.73 Å². The van der Waals surface area contributed by atoms with Gasteiger partial charge in [-0.25, -0.2) is 0 Å². The Morgan fingerprint density at radius 2 is 1.81 bits per heavy atom. The zero-order valence-corrected chi connectivity index (χ0v) is 10.3. The Kier molecular flexibility index (Phi) is 4.93. The smallest absolute Gasteiger partial charge is 0.0943 e. The van der Waals surface area contributed by atoms with Gasteiger partial charge < -0.3 is 16.2 Å². The molecule has 3 heteroatoms. The zero-order valence-electron chi connectivity index (χ0n) is 10.3. The summed E-state index contributed by atoms with van der Waals surface area (Å²) in [6.07, 6.45) is 0.275. The number of aliphatic hydroxyl groups excluding tert-OH is 1. The first-order valence-corrected chi connectivity index (χ1v) is 5.72. The topological polar surface area (TPSA) is 58.3 Å². The molecule has 0 saturated heterocycles. The molecular formula is C13H22N2O. The molecule has 0 radical (unpaired) electrons. The van der Waals surface area contributed by atoms with E-state index in [-0.39, 0.29) is 6.04 Å². The number of likely N-dealkylation sites (N-methyl/N-ethyl adjacent to an activating group) is 1. The molecular weight excluding hydrogens is 200 g/mol. The Balaban J connectivity index is 2.89. The maximum Gasteiger partial charge on any atom is 0.0943 e. The number of aliphatic hydroxyl groups is 1. The van der Waals surface area contributed by atoms with E-state index < -0.39 is 6.10 Å². The highest BCUT2D eigenvalue weighted by molar-refractivity contribution is 5.30. The van der Waals surface area contributed by atoms with Crippen molar-refractivity contribution < 1.29 is 5.11 Å². The van der Waals surface area contributed by atoms with Crippen molar-refractivity contribution in [3.05, 3.63) is 34.9 Å². The molecule has 0 amide bonds. The van der Waals surface area contributed by atoms with E-state index in [2.05, 4.69) is 11.4 Å². The number of aryl methyl sites for hydroxylation is 2. The molecule has 1 aromatic carbocycles. The molecule has 1 aromatic rings. The fraction of sp³-hybridized carbons (Fsp3) is 0.538. The van der Waals surface area contributed by atoms with Gasteiger partial charge in [-0.3, -0.25) is 0 Å². The summed E-state index contributed by atoms with van der Waals surface area (Å²) in [6.45, 7) is 4.66. The van der Waals surface area contributed by atoms with Crippen molar-refractivity contribution in [1.82, 2.24) is 5.32 Å². The second kappa shape index (κ2) is 5.99. The van der Waals surface area contributed by atoms with Gasteiger partial charge in [0.25, 0.3) is 0 Å². The molecule has 0 bridgehead atoms. The van der Waals surface area contributed by atoms with Crippen molar-refractivity contribution in [3.63, 3.8) is 0 Å². The first-order valence-electron chi connectivity index (χ1n) is 5.72. The highest BCUT2D eigenvalue weighted by atomic mass is 16.3. The van der Waals surface area contributed by atoms with E-state index in [1.165, 1.54) is 11.1 Å². The van der Waals surface area contributed by atoms with Crippen LogP contribution in [0.15, 0.2) is 18.2 Å². The lowest BCUT2D eigenvalue weighted by Gasteiger charge is -2.23. The molecule has 2 unspecified atom stereocenters. The lowest BCUT2D eigenvalue weighted by atomic mass is 9.96. The Hall–Kier alpha value is -0.900. The van der Waals surface area contributed by atoms with Crippen molar-refractivity contribution >= 4 is 0 Å². The van der Waals surface area contributed by atoms with Gasteiger partial charge in [-0.05, 0) is 39.4 Å². The predicted molar refractivity (Wildman–Crippen MR) is 67.4 cm³/mol. The van der Waals surface area contributed by atoms with Crippen LogP contribution in [0.5, 0.6) is 0 Å². The standard InChI is InChI=1S/C13H22N2O/c1-9-6-10(2)8-11(7-9)13(16)12(15-3)4-5-14/h6-8,12-13,15-16H,4-5,14H2,1-3H3. The average molecular weight is 222 g/mol. The third-order valence-electron chi connectivity index (χ3n) is 2.82. The average Bonchev–Trinajstić information content (AvgIpc) is 2.23. The van der Waals surface area contributed by atoms with E-state index in [9.17, 15) is 5.11 Å². The molecule has 0 aliphatic carbocycles. The predicted octanol–water partition coefficient (Wildman–Crippen LogP) is 1.27. The third kappa shape index (κ3) is 3.30. The Labute approximate surface area is 97.7 Å². The molecule has 0 aliphatic heterocycles. The number of nitrogens with two attached hydrogens (primary N) is 1. The molecule has 0 spiro atoms. The summed E-state index contributed by atoms with van der Waals surface area (Å²) in [7, 11) is 1.85.